The van der Waals surface area contributed by atoms with Crippen LogP contribution in [-0.2, 0) is 5.41 Å². The van der Waals surface area contributed by atoms with Crippen molar-refractivity contribution < 1.29 is 14.6 Å². The summed E-state index contributed by atoms with van der Waals surface area (Å²) in [7, 11) is 1.65. The number of hydrogen-bond donors (Lipinski definition) is 2. The van der Waals surface area contributed by atoms with E-state index in [2.05, 4.69) is 20.8 Å². The van der Waals surface area contributed by atoms with Gasteiger partial charge in [-0.05, 0) is 30.5 Å². The number of rotatable bonds is 6. The zero-order chi connectivity index (χ0) is 15.4. The van der Waals surface area contributed by atoms with Crippen LogP contribution >= 0.6 is 0 Å². The molecule has 3 N–H and O–H groups in total. The molecule has 1 rings (SSSR count). The minimum atomic E-state index is -0.881. The van der Waals surface area contributed by atoms with E-state index >= 15 is 0 Å². The van der Waals surface area contributed by atoms with Crippen LogP contribution in [0.25, 0.3) is 0 Å². The molecule has 0 radical (unpaired) electrons. The summed E-state index contributed by atoms with van der Waals surface area (Å²) >= 11 is 0. The Morgan fingerprint density at radius 3 is 2.35 bits per heavy atom. The molecule has 0 spiro atoms. The maximum atomic E-state index is 9.89. The Hall–Kier alpha value is -1.26. The lowest BCUT2D eigenvalue weighted by molar-refractivity contribution is 0.0451. The first-order valence-corrected chi connectivity index (χ1v) is 6.93. The highest BCUT2D eigenvalue weighted by molar-refractivity contribution is 5.44. The average Bonchev–Trinajstić information content (AvgIpc) is 2.37. The fourth-order valence-corrected chi connectivity index (χ4v) is 1.83. The van der Waals surface area contributed by atoms with E-state index < -0.39 is 5.60 Å². The summed E-state index contributed by atoms with van der Waals surface area (Å²) in [5.41, 5.74) is 5.67. The molecule has 1 aromatic carbocycles. The van der Waals surface area contributed by atoms with Gasteiger partial charge in [-0.25, -0.2) is 0 Å². The second kappa shape index (κ2) is 6.46. The predicted octanol–water partition coefficient (Wildman–Crippen LogP) is 2.47. The van der Waals surface area contributed by atoms with Gasteiger partial charge in [0.15, 0.2) is 0 Å². The lowest BCUT2D eigenvalue weighted by Crippen LogP contribution is -2.35. The summed E-state index contributed by atoms with van der Waals surface area (Å²) in [6.45, 7) is 8.76. The van der Waals surface area contributed by atoms with E-state index in [1.165, 1.54) is 0 Å². The second-order valence-corrected chi connectivity index (χ2v) is 6.41. The average molecular weight is 281 g/mol. The van der Waals surface area contributed by atoms with Crippen molar-refractivity contribution in [1.82, 2.24) is 0 Å². The van der Waals surface area contributed by atoms with Crippen molar-refractivity contribution in [3.8, 4) is 11.5 Å². The van der Waals surface area contributed by atoms with Gasteiger partial charge in [0.2, 0.25) is 0 Å². The van der Waals surface area contributed by atoms with Crippen LogP contribution in [0.4, 0.5) is 0 Å². The Morgan fingerprint density at radius 2 is 1.85 bits per heavy atom. The first-order valence-electron chi connectivity index (χ1n) is 6.93. The van der Waals surface area contributed by atoms with Crippen molar-refractivity contribution in [1.29, 1.82) is 0 Å². The monoisotopic (exact) mass is 281 g/mol. The maximum Gasteiger partial charge on any atom is 0.123 e. The molecule has 4 nitrogen and oxygen atoms in total. The molecule has 114 valence electrons. The number of aliphatic hydroxyl groups is 1. The molecule has 0 aliphatic carbocycles. The van der Waals surface area contributed by atoms with E-state index in [4.69, 9.17) is 15.2 Å². The molecule has 0 saturated heterocycles. The van der Waals surface area contributed by atoms with Gasteiger partial charge in [0.25, 0.3) is 0 Å². The highest BCUT2D eigenvalue weighted by Crippen LogP contribution is 2.34. The summed E-state index contributed by atoms with van der Waals surface area (Å²) in [6, 6.07) is 5.79. The highest BCUT2D eigenvalue weighted by Gasteiger charge is 2.22. The minimum Gasteiger partial charge on any atom is -0.497 e. The van der Waals surface area contributed by atoms with Crippen LogP contribution in [-0.4, -0.2) is 31.0 Å². The molecular weight excluding hydrogens is 254 g/mol. The summed E-state index contributed by atoms with van der Waals surface area (Å²) in [5, 5.41) is 9.89. The molecule has 1 unspecified atom stereocenters. The van der Waals surface area contributed by atoms with Gasteiger partial charge in [0, 0.05) is 18.5 Å². The van der Waals surface area contributed by atoms with E-state index in [0.717, 1.165) is 17.1 Å². The van der Waals surface area contributed by atoms with Gasteiger partial charge in [-0.1, -0.05) is 20.8 Å². The van der Waals surface area contributed by atoms with Gasteiger partial charge in [0.05, 0.1) is 19.3 Å². The Labute approximate surface area is 121 Å². The molecule has 0 saturated carbocycles. The lowest BCUT2D eigenvalue weighted by atomic mass is 9.86. The van der Waals surface area contributed by atoms with Crippen LogP contribution in [0.15, 0.2) is 18.2 Å². The van der Waals surface area contributed by atoms with Crippen molar-refractivity contribution in [2.75, 3.05) is 20.3 Å². The van der Waals surface area contributed by atoms with Crippen LogP contribution in [0.5, 0.6) is 11.5 Å². The molecule has 0 fully saturated rings. The quantitative estimate of drug-likeness (QED) is 0.840. The van der Waals surface area contributed by atoms with E-state index in [-0.39, 0.29) is 12.0 Å². The Kier molecular flexibility index (Phi) is 5.42. The summed E-state index contributed by atoms with van der Waals surface area (Å²) in [5.74, 6) is 1.64. The molecule has 0 aliphatic rings. The van der Waals surface area contributed by atoms with Crippen molar-refractivity contribution >= 4 is 0 Å². The fourth-order valence-electron chi connectivity index (χ4n) is 1.83. The first-order chi connectivity index (χ1) is 9.19. The molecule has 1 aromatic rings. The molecule has 4 heteroatoms. The molecular formula is C16H27NO3. The zero-order valence-corrected chi connectivity index (χ0v) is 13.2. The Balaban J connectivity index is 2.84. The number of ether oxygens (including phenoxy) is 2. The van der Waals surface area contributed by atoms with Crippen LogP contribution in [0, 0.1) is 0 Å². The van der Waals surface area contributed by atoms with Gasteiger partial charge < -0.3 is 20.3 Å². The smallest absolute Gasteiger partial charge is 0.123 e. The lowest BCUT2D eigenvalue weighted by Gasteiger charge is -2.25. The second-order valence-electron chi connectivity index (χ2n) is 6.41. The molecule has 0 bridgehead atoms. The third kappa shape index (κ3) is 4.69. The predicted molar refractivity (Wildman–Crippen MR) is 81.5 cm³/mol. The highest BCUT2D eigenvalue weighted by atomic mass is 16.5. The molecule has 0 heterocycles. The van der Waals surface area contributed by atoms with E-state index in [1.54, 1.807) is 14.0 Å². The standard InChI is InChI=1S/C16H27NO3/c1-15(2,3)13-10-12(19-5)6-7-14(13)20-9-8-16(4,18)11-17/h6-7,10,18H,8-9,11,17H2,1-5H3. The number of hydrogen-bond acceptors (Lipinski definition) is 4. The Bertz CT molecular complexity index is 436. The molecule has 1 atom stereocenters. The van der Waals surface area contributed by atoms with Gasteiger partial charge in [0.1, 0.15) is 11.5 Å². The number of methoxy groups -OCH3 is 1. The van der Waals surface area contributed by atoms with Gasteiger partial charge in [-0.3, -0.25) is 0 Å². The SMILES string of the molecule is COc1ccc(OCCC(C)(O)CN)c(C(C)(C)C)c1. The molecule has 0 amide bonds. The topological polar surface area (TPSA) is 64.7 Å². The third-order valence-corrected chi connectivity index (χ3v) is 3.33. The van der Waals surface area contributed by atoms with E-state index in [0.29, 0.717) is 13.0 Å². The molecule has 0 aromatic heterocycles. The normalized spacial score (nSPS) is 14.8. The Morgan fingerprint density at radius 1 is 1.20 bits per heavy atom. The van der Waals surface area contributed by atoms with Crippen LogP contribution < -0.4 is 15.2 Å². The minimum absolute atomic E-state index is 0.0414. The molecule has 20 heavy (non-hydrogen) atoms. The summed E-state index contributed by atoms with van der Waals surface area (Å²) in [4.78, 5) is 0. The zero-order valence-electron chi connectivity index (χ0n) is 13.2. The molecule has 0 aliphatic heterocycles. The largest absolute Gasteiger partial charge is 0.497 e. The van der Waals surface area contributed by atoms with Crippen molar-refractivity contribution in [2.45, 2.75) is 45.1 Å². The van der Waals surface area contributed by atoms with Crippen LogP contribution in [0.3, 0.4) is 0 Å². The summed E-state index contributed by atoms with van der Waals surface area (Å²) < 4.78 is 11.1. The van der Waals surface area contributed by atoms with Crippen molar-refractivity contribution in [3.05, 3.63) is 23.8 Å². The maximum absolute atomic E-state index is 9.89. The van der Waals surface area contributed by atoms with Crippen LogP contribution in [0.1, 0.15) is 39.7 Å². The van der Waals surface area contributed by atoms with Gasteiger partial charge in [-0.15, -0.1) is 0 Å². The summed E-state index contributed by atoms with van der Waals surface area (Å²) in [6.07, 6.45) is 0.499. The first kappa shape index (κ1) is 16.8. The van der Waals surface area contributed by atoms with Crippen molar-refractivity contribution in [2.24, 2.45) is 5.73 Å². The van der Waals surface area contributed by atoms with E-state index in [1.807, 2.05) is 18.2 Å². The third-order valence-electron chi connectivity index (χ3n) is 3.33. The van der Waals surface area contributed by atoms with E-state index in [9.17, 15) is 5.11 Å². The fraction of sp³-hybridized carbons (Fsp3) is 0.625. The van der Waals surface area contributed by atoms with Crippen LogP contribution in [0.2, 0.25) is 0 Å². The van der Waals surface area contributed by atoms with Gasteiger partial charge in [-0.2, -0.15) is 0 Å². The number of benzene rings is 1. The van der Waals surface area contributed by atoms with Crippen molar-refractivity contribution in [3.63, 3.8) is 0 Å². The number of nitrogens with two attached hydrogens (primary N) is 1. The van der Waals surface area contributed by atoms with Gasteiger partial charge >= 0.3 is 0 Å².